The van der Waals surface area contributed by atoms with Gasteiger partial charge in [-0.25, -0.2) is 4.39 Å². The van der Waals surface area contributed by atoms with E-state index in [0.717, 1.165) is 6.42 Å². The molecule has 4 atom stereocenters. The van der Waals surface area contributed by atoms with E-state index in [4.69, 9.17) is 4.74 Å². The average molecular weight is 425 g/mol. The summed E-state index contributed by atoms with van der Waals surface area (Å²) >= 11 is 0. The number of hydrogen-bond acceptors (Lipinski definition) is 5. The minimum Gasteiger partial charge on any atom is -0.457 e. The van der Waals surface area contributed by atoms with Gasteiger partial charge in [-0.3, -0.25) is 24.1 Å². The highest BCUT2D eigenvalue weighted by Gasteiger charge is 2.60. The highest BCUT2D eigenvalue weighted by Crippen LogP contribution is 2.53. The number of esters is 1. The fourth-order valence-electron chi connectivity index (χ4n) is 5.83. The summed E-state index contributed by atoms with van der Waals surface area (Å²) in [6.45, 7) is -0.382. The van der Waals surface area contributed by atoms with Crippen LogP contribution in [0, 0.1) is 35.4 Å². The fraction of sp³-hybridized carbons (Fsp3) is 0.500. The number of rotatable bonds is 5. The third-order valence-corrected chi connectivity index (χ3v) is 7.41. The lowest BCUT2D eigenvalue weighted by Gasteiger charge is -2.33. The normalized spacial score (nSPS) is 33.6. The number of ketones is 1. The molecule has 1 aliphatic heterocycles. The summed E-state index contributed by atoms with van der Waals surface area (Å²) in [6.07, 6.45) is 7.27. The first-order valence-corrected chi connectivity index (χ1v) is 10.9. The van der Waals surface area contributed by atoms with Crippen LogP contribution >= 0.6 is 0 Å². The van der Waals surface area contributed by atoms with Crippen LogP contribution in [0.5, 0.6) is 0 Å². The Hall–Kier alpha value is -2.83. The second kappa shape index (κ2) is 7.70. The summed E-state index contributed by atoms with van der Waals surface area (Å²) in [5.74, 6) is -1.67. The molecule has 0 unspecified atom stereocenters. The maximum absolute atomic E-state index is 13.0. The van der Waals surface area contributed by atoms with Gasteiger partial charge in [0, 0.05) is 11.6 Å². The van der Waals surface area contributed by atoms with Gasteiger partial charge in [-0.2, -0.15) is 0 Å². The van der Waals surface area contributed by atoms with Crippen LogP contribution in [0.25, 0.3) is 0 Å². The van der Waals surface area contributed by atoms with Gasteiger partial charge in [0.05, 0.1) is 17.8 Å². The molecule has 1 aromatic carbocycles. The number of benzene rings is 1. The lowest BCUT2D eigenvalue weighted by molar-refractivity contribution is -0.149. The fourth-order valence-corrected chi connectivity index (χ4v) is 5.83. The van der Waals surface area contributed by atoms with E-state index in [-0.39, 0.29) is 65.4 Å². The van der Waals surface area contributed by atoms with Crippen LogP contribution in [0.1, 0.15) is 42.5 Å². The van der Waals surface area contributed by atoms with Crippen molar-refractivity contribution in [1.82, 2.24) is 4.90 Å². The van der Waals surface area contributed by atoms with Crippen LogP contribution in [0.2, 0.25) is 0 Å². The summed E-state index contributed by atoms with van der Waals surface area (Å²) < 4.78 is 18.2. The number of Topliss-reactive ketones (excluding diaryl/α,β-unsaturated/α-hetero) is 1. The molecule has 0 N–H and O–H groups in total. The predicted molar refractivity (Wildman–Crippen MR) is 107 cm³/mol. The van der Waals surface area contributed by atoms with E-state index < -0.39 is 11.8 Å². The van der Waals surface area contributed by atoms with Gasteiger partial charge in [-0.05, 0) is 68.2 Å². The van der Waals surface area contributed by atoms with E-state index in [1.54, 1.807) is 0 Å². The third kappa shape index (κ3) is 3.40. The smallest absolute Gasteiger partial charge is 0.309 e. The molecule has 5 rings (SSSR count). The van der Waals surface area contributed by atoms with Gasteiger partial charge in [-0.15, -0.1) is 0 Å². The number of carbonyl (C=O) groups is 4. The van der Waals surface area contributed by atoms with Gasteiger partial charge in [-0.1, -0.05) is 12.2 Å². The standard InChI is InChI=1S/C24H24FNO5/c25-17-7-3-13(4-8-17)19(27)12-31-24(30)14-5-9-18(10-6-14)26-22(28)20-15-1-2-16(11-15)21(20)23(26)29/h1-4,7-8,14-16,18,20-21H,5-6,9-12H2/t14?,15-,16+,18?,20-,21+. The molecule has 31 heavy (non-hydrogen) atoms. The lowest BCUT2D eigenvalue weighted by Crippen LogP contribution is -2.44. The first kappa shape index (κ1) is 20.1. The maximum atomic E-state index is 13.0. The molecule has 1 heterocycles. The average Bonchev–Trinajstić information content (AvgIpc) is 3.46. The Morgan fingerprint density at radius 2 is 1.52 bits per heavy atom. The molecule has 7 heteroatoms. The minimum absolute atomic E-state index is 0.0391. The molecule has 6 nitrogen and oxygen atoms in total. The quantitative estimate of drug-likeness (QED) is 0.314. The zero-order chi connectivity index (χ0) is 21.7. The SMILES string of the molecule is O=C(COC(=O)C1CCC(N2C(=O)[C@@H]3[C@H](C2=O)[C@@H]2C=C[C@H]3C2)CC1)c1ccc(F)cc1. The van der Waals surface area contributed by atoms with E-state index in [1.165, 1.54) is 29.2 Å². The van der Waals surface area contributed by atoms with Gasteiger partial charge in [0.25, 0.3) is 0 Å². The molecule has 162 valence electrons. The Morgan fingerprint density at radius 3 is 2.10 bits per heavy atom. The highest BCUT2D eigenvalue weighted by atomic mass is 19.1. The number of halogens is 1. The van der Waals surface area contributed by atoms with Crippen molar-refractivity contribution < 1.29 is 28.3 Å². The second-order valence-corrected chi connectivity index (χ2v) is 9.09. The molecule has 0 radical (unpaired) electrons. The number of carbonyl (C=O) groups excluding carboxylic acids is 4. The number of nitrogens with zero attached hydrogens (tertiary/aromatic N) is 1. The van der Waals surface area contributed by atoms with Gasteiger partial charge in [0.1, 0.15) is 5.82 Å². The van der Waals surface area contributed by atoms with Crippen molar-refractivity contribution in [3.05, 3.63) is 47.8 Å². The van der Waals surface area contributed by atoms with E-state index in [2.05, 4.69) is 12.2 Å². The van der Waals surface area contributed by atoms with Crippen molar-refractivity contribution in [1.29, 1.82) is 0 Å². The Kier molecular flexibility index (Phi) is 4.99. The van der Waals surface area contributed by atoms with Crippen molar-refractivity contribution in [3.63, 3.8) is 0 Å². The van der Waals surface area contributed by atoms with Crippen molar-refractivity contribution in [3.8, 4) is 0 Å². The third-order valence-electron chi connectivity index (χ3n) is 7.41. The molecule has 4 aliphatic rings. The molecule has 2 amide bonds. The molecule has 0 aromatic heterocycles. The first-order chi connectivity index (χ1) is 14.9. The zero-order valence-corrected chi connectivity index (χ0v) is 17.0. The largest absolute Gasteiger partial charge is 0.457 e. The Balaban J connectivity index is 1.13. The molecular formula is C24H24FNO5. The molecule has 3 fully saturated rings. The summed E-state index contributed by atoms with van der Waals surface area (Å²) in [7, 11) is 0. The van der Waals surface area contributed by atoms with E-state index in [1.807, 2.05) is 0 Å². The van der Waals surface area contributed by atoms with Crippen molar-refractivity contribution >= 4 is 23.6 Å². The van der Waals surface area contributed by atoms with Crippen molar-refractivity contribution in [2.75, 3.05) is 6.61 Å². The summed E-state index contributed by atoms with van der Waals surface area (Å²) in [4.78, 5) is 51.9. The molecule has 3 aliphatic carbocycles. The monoisotopic (exact) mass is 425 g/mol. The maximum Gasteiger partial charge on any atom is 0.309 e. The van der Waals surface area contributed by atoms with Crippen molar-refractivity contribution in [2.24, 2.45) is 29.6 Å². The number of likely N-dealkylation sites (tertiary alicyclic amines) is 1. The van der Waals surface area contributed by atoms with E-state index in [9.17, 15) is 23.6 Å². The summed E-state index contributed by atoms with van der Waals surface area (Å²) in [5.41, 5.74) is 0.290. The molecule has 0 spiro atoms. The number of imide groups is 1. The van der Waals surface area contributed by atoms with Crippen LogP contribution in [-0.4, -0.2) is 41.1 Å². The number of hydrogen-bond donors (Lipinski definition) is 0. The lowest BCUT2D eigenvalue weighted by atomic mass is 9.85. The first-order valence-electron chi connectivity index (χ1n) is 10.9. The van der Waals surface area contributed by atoms with Crippen LogP contribution in [0.4, 0.5) is 4.39 Å². The van der Waals surface area contributed by atoms with Gasteiger partial charge >= 0.3 is 5.97 Å². The molecule has 1 saturated heterocycles. The zero-order valence-electron chi connectivity index (χ0n) is 17.0. The van der Waals surface area contributed by atoms with Crippen LogP contribution in [0.15, 0.2) is 36.4 Å². The van der Waals surface area contributed by atoms with Crippen LogP contribution < -0.4 is 0 Å². The number of ether oxygens (including phenoxy) is 1. The van der Waals surface area contributed by atoms with E-state index in [0.29, 0.717) is 25.7 Å². The molecule has 2 saturated carbocycles. The van der Waals surface area contributed by atoms with Crippen LogP contribution in [0.3, 0.4) is 0 Å². The van der Waals surface area contributed by atoms with E-state index >= 15 is 0 Å². The highest BCUT2D eigenvalue weighted by molar-refractivity contribution is 6.06. The minimum atomic E-state index is -0.438. The summed E-state index contributed by atoms with van der Waals surface area (Å²) in [5, 5.41) is 0. The Labute approximate surface area is 179 Å². The Morgan fingerprint density at radius 1 is 0.935 bits per heavy atom. The molecule has 2 bridgehead atoms. The molecule has 1 aromatic rings. The molecular weight excluding hydrogens is 401 g/mol. The van der Waals surface area contributed by atoms with Gasteiger partial charge in [0.2, 0.25) is 11.8 Å². The number of allylic oxidation sites excluding steroid dienone is 2. The van der Waals surface area contributed by atoms with Gasteiger partial charge < -0.3 is 4.74 Å². The Bertz CT molecular complexity index is 933. The second-order valence-electron chi connectivity index (χ2n) is 9.09. The van der Waals surface area contributed by atoms with Crippen LogP contribution in [-0.2, 0) is 19.1 Å². The van der Waals surface area contributed by atoms with Crippen molar-refractivity contribution in [2.45, 2.75) is 38.1 Å². The topological polar surface area (TPSA) is 80.8 Å². The number of fused-ring (bicyclic) bond motifs is 5. The number of amides is 2. The summed E-state index contributed by atoms with van der Waals surface area (Å²) in [6, 6.07) is 4.94. The van der Waals surface area contributed by atoms with Gasteiger partial charge in [0.15, 0.2) is 12.4 Å². The predicted octanol–water partition coefficient (Wildman–Crippen LogP) is 2.92.